The summed E-state index contributed by atoms with van der Waals surface area (Å²) in [7, 11) is -4.68. The van der Waals surface area contributed by atoms with Crippen molar-refractivity contribution in [3.8, 4) is 5.75 Å². The topological polar surface area (TPSA) is 201 Å². The molecule has 0 saturated carbocycles. The van der Waals surface area contributed by atoms with Gasteiger partial charge in [0.1, 0.15) is 5.69 Å². The normalized spacial score (nSPS) is 11.5. The van der Waals surface area contributed by atoms with Gasteiger partial charge in [-0.05, 0) is 47.1 Å². The van der Waals surface area contributed by atoms with Crippen LogP contribution in [0.2, 0.25) is 0 Å². The van der Waals surface area contributed by atoms with E-state index in [9.17, 15) is 18.1 Å². The van der Waals surface area contributed by atoms with Gasteiger partial charge in [-0.25, -0.2) is 15.6 Å². The van der Waals surface area contributed by atoms with Crippen molar-refractivity contribution in [1.29, 1.82) is 0 Å². The van der Waals surface area contributed by atoms with Crippen LogP contribution in [0.25, 0.3) is 10.8 Å². The number of hydrogen-bond acceptors (Lipinski definition) is 15. The summed E-state index contributed by atoms with van der Waals surface area (Å²) in [5.41, 5.74) is 1.23. The predicted molar refractivity (Wildman–Crippen MR) is 148 cm³/mol. The molecule has 4 rings (SSSR count). The standard InChI is InChI=1S/C22H15N4O10S3.C2H6.Y/c27-22-20-13(10-17(39(30,31)32)12-18(20)37-35-33-28)11-19(38-36-34-29)21(22)26-25-16-8-6-15(7-9-16)24-23-14-4-2-1-3-5-14;1-2;/h1-8,10-12,27-29H,(H,30,31,32);1-2H3;/q-1;;. The van der Waals surface area contributed by atoms with Gasteiger partial charge < -0.3 is 5.11 Å². The van der Waals surface area contributed by atoms with Gasteiger partial charge in [0.2, 0.25) is 0 Å². The van der Waals surface area contributed by atoms with Crippen LogP contribution >= 0.6 is 24.1 Å². The summed E-state index contributed by atoms with van der Waals surface area (Å²) in [6, 6.07) is 20.0. The zero-order chi connectivity index (χ0) is 29.8. The molecule has 1 radical (unpaired) electrons. The summed E-state index contributed by atoms with van der Waals surface area (Å²) >= 11 is 0.754. The molecule has 0 aliphatic rings. The number of benzene rings is 4. The van der Waals surface area contributed by atoms with Crippen molar-refractivity contribution in [1.82, 2.24) is 0 Å². The molecular formula is C24H21N4O10S3Y-. The third kappa shape index (κ3) is 9.83. The summed E-state index contributed by atoms with van der Waals surface area (Å²) in [6.07, 6.45) is 0. The molecule has 0 bridgehead atoms. The van der Waals surface area contributed by atoms with Gasteiger partial charge in [-0.1, -0.05) is 42.1 Å². The van der Waals surface area contributed by atoms with E-state index in [0.29, 0.717) is 35.5 Å². The third-order valence-corrected chi connectivity index (χ3v) is 6.85. The fourth-order valence-corrected chi connectivity index (χ4v) is 4.84. The quantitative estimate of drug-likeness (QED) is 0.0290. The Morgan fingerprint density at radius 3 is 2.05 bits per heavy atom. The second-order valence-corrected chi connectivity index (χ2v) is 10.1. The van der Waals surface area contributed by atoms with Crippen LogP contribution in [0.4, 0.5) is 22.7 Å². The van der Waals surface area contributed by atoms with Crippen LogP contribution in [0.1, 0.15) is 13.8 Å². The summed E-state index contributed by atoms with van der Waals surface area (Å²) < 4.78 is 41.8. The molecule has 4 aromatic rings. The number of nitrogens with zero attached hydrogens (tertiary/aromatic N) is 4. The molecule has 4 N–H and O–H groups in total. The van der Waals surface area contributed by atoms with Gasteiger partial charge in [0, 0.05) is 38.1 Å². The Labute approximate surface area is 273 Å². The molecule has 219 valence electrons. The van der Waals surface area contributed by atoms with Crippen molar-refractivity contribution in [3.63, 3.8) is 0 Å². The fourth-order valence-electron chi connectivity index (χ4n) is 3.15. The Morgan fingerprint density at radius 1 is 0.810 bits per heavy atom. The van der Waals surface area contributed by atoms with Crippen LogP contribution in [-0.2, 0) is 61.6 Å². The van der Waals surface area contributed by atoms with Crippen molar-refractivity contribution in [3.05, 3.63) is 72.8 Å². The Bertz CT molecular complexity index is 1630. The molecule has 18 heteroatoms. The average Bonchev–Trinajstić information content (AvgIpc) is 2.98. The number of phenols is 1. The molecule has 0 atom stereocenters. The smallest absolute Gasteiger partial charge is 0.294 e. The molecule has 14 nitrogen and oxygen atoms in total. The minimum Gasteiger partial charge on any atom is -0.505 e. The predicted octanol–water partition coefficient (Wildman–Crippen LogP) is 8.30. The van der Waals surface area contributed by atoms with Crippen molar-refractivity contribution in [2.45, 2.75) is 28.5 Å². The molecule has 0 aliphatic heterocycles. The van der Waals surface area contributed by atoms with E-state index in [1.54, 1.807) is 24.3 Å². The summed E-state index contributed by atoms with van der Waals surface area (Å²) in [5.74, 6) is -0.528. The maximum Gasteiger partial charge on any atom is 0.294 e. The third-order valence-electron chi connectivity index (χ3n) is 4.77. The van der Waals surface area contributed by atoms with E-state index in [1.165, 1.54) is 12.1 Å². The number of rotatable bonds is 11. The minimum atomic E-state index is -4.68. The molecule has 0 unspecified atom stereocenters. The molecule has 0 heterocycles. The number of aromatic hydroxyl groups is 1. The van der Waals surface area contributed by atoms with Crippen molar-refractivity contribution >= 4 is 67.7 Å². The number of azo groups is 2. The summed E-state index contributed by atoms with van der Waals surface area (Å²) in [6.45, 7) is 4.00. The van der Waals surface area contributed by atoms with Gasteiger partial charge in [0.25, 0.3) is 10.1 Å². The zero-order valence-corrected chi connectivity index (χ0v) is 27.0. The van der Waals surface area contributed by atoms with Gasteiger partial charge >= 0.3 is 0 Å². The Kier molecular flexibility index (Phi) is 15.1. The molecule has 0 saturated heterocycles. The molecule has 0 amide bonds. The van der Waals surface area contributed by atoms with Gasteiger partial charge in [0.05, 0.1) is 44.5 Å². The van der Waals surface area contributed by atoms with Crippen LogP contribution in [0.5, 0.6) is 5.75 Å². The van der Waals surface area contributed by atoms with E-state index in [-0.39, 0.29) is 64.6 Å². The zero-order valence-electron chi connectivity index (χ0n) is 21.7. The molecule has 0 aliphatic carbocycles. The van der Waals surface area contributed by atoms with E-state index in [1.807, 2.05) is 32.0 Å². The summed E-state index contributed by atoms with van der Waals surface area (Å²) in [5, 5.41) is 51.7. The van der Waals surface area contributed by atoms with Crippen molar-refractivity contribution in [2.24, 2.45) is 20.5 Å². The molecule has 0 fully saturated rings. The van der Waals surface area contributed by atoms with Crippen molar-refractivity contribution < 1.29 is 80.0 Å². The van der Waals surface area contributed by atoms with Crippen molar-refractivity contribution in [2.75, 3.05) is 0 Å². The maximum atomic E-state index is 11.7. The molecule has 42 heavy (non-hydrogen) atoms. The number of phenolic OH excluding ortho intramolecular Hbond substituents is 1. The molecule has 0 aromatic heterocycles. The monoisotopic (exact) mass is 710 g/mol. The second kappa shape index (κ2) is 17.7. The molecule has 0 spiro atoms. The van der Waals surface area contributed by atoms with Crippen LogP contribution in [0.15, 0.2) is 102 Å². The van der Waals surface area contributed by atoms with E-state index in [4.69, 9.17) is 10.5 Å². The Morgan fingerprint density at radius 2 is 1.45 bits per heavy atom. The van der Waals surface area contributed by atoms with E-state index in [0.717, 1.165) is 12.1 Å². The maximum absolute atomic E-state index is 11.7. The second-order valence-electron chi connectivity index (χ2n) is 7.19. The number of hydrogen-bond donors (Lipinski definition) is 4. The Balaban J connectivity index is 0.00000201. The van der Waals surface area contributed by atoms with Crippen LogP contribution in [0.3, 0.4) is 0 Å². The van der Waals surface area contributed by atoms with Gasteiger partial charge in [-0.2, -0.15) is 24.7 Å². The SMILES string of the molecule is CC.O=S(=O)(O)c1cc(SOOO)c2c(O)c(N=Nc3[c-]cc(N=Nc4ccccc4)cc3)c(SOOO)cc2c1.[Y]. The Hall–Kier alpha value is -2.39. The first-order chi connectivity index (χ1) is 19.8. The first-order valence-electron chi connectivity index (χ1n) is 11.3. The van der Waals surface area contributed by atoms with E-state index in [2.05, 4.69) is 45.3 Å². The van der Waals surface area contributed by atoms with Crippen LogP contribution < -0.4 is 0 Å². The van der Waals surface area contributed by atoms with E-state index < -0.39 is 20.8 Å². The van der Waals surface area contributed by atoms with E-state index >= 15 is 0 Å². The average molecular weight is 711 g/mol. The van der Waals surface area contributed by atoms with Gasteiger partial charge in [-0.3, -0.25) is 4.55 Å². The molecule has 4 aromatic carbocycles. The van der Waals surface area contributed by atoms with Gasteiger partial charge in [-0.15, -0.1) is 32.0 Å². The molecular weight excluding hydrogens is 689 g/mol. The fraction of sp³-hybridized carbons (Fsp3) is 0.0833. The first-order valence-corrected chi connectivity index (χ1v) is 14.2. The van der Waals surface area contributed by atoms with Gasteiger partial charge in [0.15, 0.2) is 5.75 Å². The summed E-state index contributed by atoms with van der Waals surface area (Å²) in [4.78, 5) is -0.616. The largest absolute Gasteiger partial charge is 0.505 e. The van der Waals surface area contributed by atoms with Crippen LogP contribution in [-0.4, -0.2) is 28.6 Å². The van der Waals surface area contributed by atoms with Crippen LogP contribution in [0, 0.1) is 6.07 Å². The first kappa shape index (κ1) is 35.8. The number of fused-ring (bicyclic) bond motifs is 1. The minimum absolute atomic E-state index is 0.